The smallest absolute Gasteiger partial charge is 0.125 e. The van der Waals surface area contributed by atoms with Gasteiger partial charge in [-0.2, -0.15) is 0 Å². The highest BCUT2D eigenvalue weighted by Crippen LogP contribution is 2.38. The van der Waals surface area contributed by atoms with Crippen LogP contribution in [0, 0.1) is 0 Å². The van der Waals surface area contributed by atoms with Crippen LogP contribution in [0.5, 0.6) is 0 Å². The minimum atomic E-state index is -1.29. The topological polar surface area (TPSA) is 12.9 Å². The molecule has 0 aliphatic rings. The largest absolute Gasteiger partial charge is 0.236 e. The van der Waals surface area contributed by atoms with Crippen molar-refractivity contribution >= 4 is 45.6 Å². The summed E-state index contributed by atoms with van der Waals surface area (Å²) in [6, 6.07) is 30.8. The lowest BCUT2D eigenvalue weighted by Crippen LogP contribution is -2.37. The second-order valence-corrected chi connectivity index (χ2v) is 14.6. The Bertz CT molecular complexity index is 1290. The SMILES string of the molecule is C[Si](C)(C)c1ccc(-c2ccc(-c3nc4ccccc4s3)c3ccccc23)cc1. The van der Waals surface area contributed by atoms with Gasteiger partial charge in [-0.1, -0.05) is 97.6 Å². The third-order valence-electron chi connectivity index (χ3n) is 5.51. The summed E-state index contributed by atoms with van der Waals surface area (Å²) in [5.41, 5.74) is 4.85. The number of nitrogens with zero attached hydrogens (tertiary/aromatic N) is 1. The number of rotatable bonds is 3. The summed E-state index contributed by atoms with van der Waals surface area (Å²) in [6.07, 6.45) is 0. The zero-order valence-corrected chi connectivity index (χ0v) is 18.8. The third kappa shape index (κ3) is 3.31. The Hall–Kier alpha value is -2.75. The molecule has 0 spiro atoms. The van der Waals surface area contributed by atoms with Crippen LogP contribution in [-0.2, 0) is 0 Å². The van der Waals surface area contributed by atoms with Crippen molar-refractivity contribution in [2.75, 3.05) is 0 Å². The maximum absolute atomic E-state index is 4.90. The molecule has 4 aromatic carbocycles. The van der Waals surface area contributed by atoms with E-state index in [1.54, 1.807) is 11.3 Å². The van der Waals surface area contributed by atoms with Crippen molar-refractivity contribution in [2.45, 2.75) is 19.6 Å². The molecule has 29 heavy (non-hydrogen) atoms. The monoisotopic (exact) mass is 409 g/mol. The Balaban J connectivity index is 1.67. The van der Waals surface area contributed by atoms with Crippen LogP contribution in [0.15, 0.2) is 84.9 Å². The molecule has 5 rings (SSSR count). The van der Waals surface area contributed by atoms with Gasteiger partial charge >= 0.3 is 0 Å². The Morgan fingerprint density at radius 2 is 1.28 bits per heavy atom. The summed E-state index contributed by atoms with van der Waals surface area (Å²) < 4.78 is 1.23. The molecule has 142 valence electrons. The molecule has 0 fully saturated rings. The predicted octanol–water partition coefficient (Wildman–Crippen LogP) is 7.33. The van der Waals surface area contributed by atoms with Gasteiger partial charge in [-0.3, -0.25) is 0 Å². The van der Waals surface area contributed by atoms with Crippen molar-refractivity contribution in [1.29, 1.82) is 0 Å². The van der Waals surface area contributed by atoms with Crippen LogP contribution in [-0.4, -0.2) is 13.1 Å². The van der Waals surface area contributed by atoms with Gasteiger partial charge in [0.05, 0.1) is 18.3 Å². The highest BCUT2D eigenvalue weighted by atomic mass is 32.1. The zero-order valence-electron chi connectivity index (χ0n) is 16.9. The Kier molecular flexibility index (Phi) is 4.38. The van der Waals surface area contributed by atoms with Gasteiger partial charge in [0.25, 0.3) is 0 Å². The first-order valence-corrected chi connectivity index (χ1v) is 14.3. The summed E-state index contributed by atoms with van der Waals surface area (Å²) in [6.45, 7) is 7.18. The van der Waals surface area contributed by atoms with E-state index in [0.29, 0.717) is 0 Å². The average Bonchev–Trinajstić information content (AvgIpc) is 3.16. The maximum atomic E-state index is 4.90. The van der Waals surface area contributed by atoms with Crippen LogP contribution in [0.4, 0.5) is 0 Å². The maximum Gasteiger partial charge on any atom is 0.125 e. The van der Waals surface area contributed by atoms with Crippen molar-refractivity contribution in [3.8, 4) is 21.7 Å². The van der Waals surface area contributed by atoms with Crippen molar-refractivity contribution in [3.05, 3.63) is 84.9 Å². The molecule has 0 radical (unpaired) electrons. The molecule has 3 heteroatoms. The normalized spacial score (nSPS) is 12.0. The zero-order chi connectivity index (χ0) is 20.0. The standard InChI is InChI=1S/C26H23NSSi/c1-29(2,3)19-14-12-18(13-15-19)20-16-17-23(22-9-5-4-8-21(20)22)26-27-24-10-6-7-11-25(24)28-26/h4-17H,1-3H3. The number of aromatic nitrogens is 1. The average molecular weight is 410 g/mol. The molecule has 0 aliphatic heterocycles. The van der Waals surface area contributed by atoms with E-state index in [0.717, 1.165) is 10.5 Å². The van der Waals surface area contributed by atoms with Gasteiger partial charge < -0.3 is 0 Å². The second-order valence-electron chi connectivity index (χ2n) is 8.52. The van der Waals surface area contributed by atoms with E-state index in [2.05, 4.69) is 105 Å². The molecular weight excluding hydrogens is 386 g/mol. The van der Waals surface area contributed by atoms with E-state index in [1.807, 2.05) is 0 Å². The van der Waals surface area contributed by atoms with Crippen LogP contribution in [0.2, 0.25) is 19.6 Å². The quantitative estimate of drug-likeness (QED) is 0.284. The van der Waals surface area contributed by atoms with E-state index in [-0.39, 0.29) is 0 Å². The first-order chi connectivity index (χ1) is 14.0. The number of para-hydroxylation sites is 1. The van der Waals surface area contributed by atoms with Crippen LogP contribution >= 0.6 is 11.3 Å². The van der Waals surface area contributed by atoms with Crippen LogP contribution < -0.4 is 5.19 Å². The summed E-state index contributed by atoms with van der Waals surface area (Å²) in [5.74, 6) is 0. The van der Waals surface area contributed by atoms with E-state index in [9.17, 15) is 0 Å². The molecule has 0 bridgehead atoms. The van der Waals surface area contributed by atoms with Crippen molar-refractivity contribution < 1.29 is 0 Å². The molecule has 0 saturated heterocycles. The lowest BCUT2D eigenvalue weighted by atomic mass is 9.95. The molecule has 1 nitrogen and oxygen atoms in total. The molecule has 0 saturated carbocycles. The Labute approximate surface area is 176 Å². The number of hydrogen-bond donors (Lipinski definition) is 0. The Morgan fingerprint density at radius 3 is 1.97 bits per heavy atom. The van der Waals surface area contributed by atoms with Gasteiger partial charge in [0, 0.05) is 5.56 Å². The van der Waals surface area contributed by atoms with Gasteiger partial charge in [0.2, 0.25) is 0 Å². The van der Waals surface area contributed by atoms with Gasteiger partial charge in [0.1, 0.15) is 5.01 Å². The van der Waals surface area contributed by atoms with Gasteiger partial charge in [0.15, 0.2) is 0 Å². The lowest BCUT2D eigenvalue weighted by molar-refractivity contribution is 1.49. The first kappa shape index (κ1) is 18.3. The molecule has 1 heterocycles. The molecule has 5 aromatic rings. The van der Waals surface area contributed by atoms with E-state index in [4.69, 9.17) is 4.98 Å². The lowest BCUT2D eigenvalue weighted by Gasteiger charge is -2.17. The van der Waals surface area contributed by atoms with Crippen molar-refractivity contribution in [2.24, 2.45) is 0 Å². The second kappa shape index (κ2) is 6.94. The highest BCUT2D eigenvalue weighted by molar-refractivity contribution is 7.21. The van der Waals surface area contributed by atoms with Crippen molar-refractivity contribution in [1.82, 2.24) is 4.98 Å². The summed E-state index contributed by atoms with van der Waals surface area (Å²) in [7, 11) is -1.29. The number of fused-ring (bicyclic) bond motifs is 2. The van der Waals surface area contributed by atoms with Crippen LogP contribution in [0.25, 0.3) is 42.7 Å². The van der Waals surface area contributed by atoms with Gasteiger partial charge in [-0.25, -0.2) is 4.98 Å². The highest BCUT2D eigenvalue weighted by Gasteiger charge is 2.17. The number of hydrogen-bond acceptors (Lipinski definition) is 2. The molecular formula is C26H23NSSi. The fourth-order valence-electron chi connectivity index (χ4n) is 3.87. The van der Waals surface area contributed by atoms with Crippen molar-refractivity contribution in [3.63, 3.8) is 0 Å². The fourth-order valence-corrected chi connectivity index (χ4v) is 6.05. The molecule has 0 unspecified atom stereocenters. The van der Waals surface area contributed by atoms with E-state index in [1.165, 1.54) is 37.3 Å². The molecule has 0 aliphatic carbocycles. The summed E-state index contributed by atoms with van der Waals surface area (Å²) >= 11 is 1.77. The van der Waals surface area contributed by atoms with E-state index >= 15 is 0 Å². The molecule has 0 N–H and O–H groups in total. The first-order valence-electron chi connectivity index (χ1n) is 9.99. The Morgan fingerprint density at radius 1 is 0.655 bits per heavy atom. The predicted molar refractivity (Wildman–Crippen MR) is 131 cm³/mol. The molecule has 0 atom stereocenters. The van der Waals surface area contributed by atoms with Gasteiger partial charge in [-0.15, -0.1) is 11.3 Å². The molecule has 0 amide bonds. The van der Waals surface area contributed by atoms with E-state index < -0.39 is 8.07 Å². The number of thiazole rings is 1. The summed E-state index contributed by atoms with van der Waals surface area (Å²) in [5, 5.41) is 5.13. The number of benzene rings is 4. The molecule has 1 aromatic heterocycles. The van der Waals surface area contributed by atoms with Crippen LogP contribution in [0.3, 0.4) is 0 Å². The summed E-state index contributed by atoms with van der Waals surface area (Å²) in [4.78, 5) is 4.90. The minimum Gasteiger partial charge on any atom is -0.236 e. The van der Waals surface area contributed by atoms with Gasteiger partial charge in [-0.05, 0) is 34.0 Å². The van der Waals surface area contributed by atoms with Crippen LogP contribution in [0.1, 0.15) is 0 Å². The fraction of sp³-hybridized carbons (Fsp3) is 0.115. The minimum absolute atomic E-state index is 1.07. The third-order valence-corrected chi connectivity index (χ3v) is 8.65.